The second-order valence-electron chi connectivity index (χ2n) is 2.19. The highest BCUT2D eigenvalue weighted by Crippen LogP contribution is 2.06. The largest absolute Gasteiger partial charge is 0.508 e. The Balaban J connectivity index is 2.19. The van der Waals surface area contributed by atoms with Crippen LogP contribution in [0.3, 0.4) is 0 Å². The molecule has 1 rings (SSSR count). The Labute approximate surface area is 59.1 Å². The zero-order valence-corrected chi connectivity index (χ0v) is 5.83. The maximum Gasteiger partial charge on any atom is 0.508 e. The van der Waals surface area contributed by atoms with Crippen molar-refractivity contribution in [1.82, 2.24) is 0 Å². The van der Waals surface area contributed by atoms with Crippen molar-refractivity contribution >= 4 is 6.16 Å². The van der Waals surface area contributed by atoms with Crippen LogP contribution in [-0.2, 0) is 14.2 Å². The lowest BCUT2D eigenvalue weighted by molar-refractivity contribution is -0.0321. The van der Waals surface area contributed by atoms with Gasteiger partial charge in [0.2, 0.25) is 0 Å². The first kappa shape index (κ1) is 7.34. The van der Waals surface area contributed by atoms with Crippen molar-refractivity contribution in [1.29, 1.82) is 0 Å². The summed E-state index contributed by atoms with van der Waals surface area (Å²) in [4.78, 5) is 10.3. The Morgan fingerprint density at radius 2 is 2.20 bits per heavy atom. The van der Waals surface area contributed by atoms with Crippen LogP contribution in [0.4, 0.5) is 4.79 Å². The van der Waals surface area contributed by atoms with Crippen molar-refractivity contribution in [2.24, 2.45) is 5.92 Å². The highest BCUT2D eigenvalue weighted by molar-refractivity contribution is 5.60. The quantitative estimate of drug-likeness (QED) is 0.529. The first-order chi connectivity index (χ1) is 4.83. The molecule has 0 amide bonds. The van der Waals surface area contributed by atoms with E-state index in [-0.39, 0.29) is 5.92 Å². The summed E-state index contributed by atoms with van der Waals surface area (Å²) in [5, 5.41) is 0. The molecule has 4 heteroatoms. The van der Waals surface area contributed by atoms with Crippen molar-refractivity contribution in [2.75, 3.05) is 26.9 Å². The summed E-state index contributed by atoms with van der Waals surface area (Å²) >= 11 is 0. The van der Waals surface area contributed by atoms with E-state index in [0.717, 1.165) is 0 Å². The minimum absolute atomic E-state index is 0.197. The number of hydrogen-bond acceptors (Lipinski definition) is 4. The van der Waals surface area contributed by atoms with Crippen LogP contribution in [0.25, 0.3) is 0 Å². The number of carbonyl (C=O) groups is 1. The van der Waals surface area contributed by atoms with Gasteiger partial charge in [0.1, 0.15) is 13.2 Å². The first-order valence-corrected chi connectivity index (χ1v) is 3.11. The molecule has 1 saturated heterocycles. The van der Waals surface area contributed by atoms with Gasteiger partial charge in [0.15, 0.2) is 0 Å². The van der Waals surface area contributed by atoms with E-state index in [1.807, 2.05) is 0 Å². The molecule has 0 N–H and O–H groups in total. The molecule has 1 aliphatic rings. The predicted molar refractivity (Wildman–Crippen MR) is 32.7 cm³/mol. The lowest BCUT2D eigenvalue weighted by Gasteiger charge is -2.20. The number of carbonyl (C=O) groups excluding carboxylic acids is 1. The molecule has 0 aromatic carbocycles. The van der Waals surface area contributed by atoms with E-state index in [0.29, 0.717) is 19.8 Å². The number of rotatable bonds is 2. The fraction of sp³-hybridized carbons (Fsp3) is 0.833. The van der Waals surface area contributed by atoms with Gasteiger partial charge in [-0.3, -0.25) is 0 Å². The number of hydrogen-bond donors (Lipinski definition) is 0. The van der Waals surface area contributed by atoms with Gasteiger partial charge in [-0.1, -0.05) is 0 Å². The second-order valence-corrected chi connectivity index (χ2v) is 2.19. The normalized spacial score (nSPS) is 19.9. The standard InChI is InChI=1S/C6H10O4/c1-8-2-5-3-9-6(7)10-4-5/h5H,2-4H2,1H3. The fourth-order valence-electron chi connectivity index (χ4n) is 0.793. The van der Waals surface area contributed by atoms with Crippen molar-refractivity contribution in [3.63, 3.8) is 0 Å². The minimum Gasteiger partial charge on any atom is -0.434 e. The molecule has 0 unspecified atom stereocenters. The van der Waals surface area contributed by atoms with Crippen molar-refractivity contribution in [3.05, 3.63) is 0 Å². The highest BCUT2D eigenvalue weighted by Gasteiger charge is 2.20. The molecule has 0 aromatic rings. The van der Waals surface area contributed by atoms with Gasteiger partial charge in [0.05, 0.1) is 12.5 Å². The molecule has 1 aliphatic heterocycles. The average molecular weight is 146 g/mol. The summed E-state index contributed by atoms with van der Waals surface area (Å²) in [6.45, 7) is 1.40. The molecule has 0 saturated carbocycles. The summed E-state index contributed by atoms with van der Waals surface area (Å²) in [6, 6.07) is 0. The molecule has 0 radical (unpaired) electrons. The average Bonchev–Trinajstić information content (AvgIpc) is 1.95. The summed E-state index contributed by atoms with van der Waals surface area (Å²) < 4.78 is 14.0. The molecule has 0 bridgehead atoms. The third-order valence-corrected chi connectivity index (χ3v) is 1.28. The van der Waals surface area contributed by atoms with Crippen molar-refractivity contribution < 1.29 is 19.0 Å². The molecule has 10 heavy (non-hydrogen) atoms. The lowest BCUT2D eigenvalue weighted by Crippen LogP contribution is -2.30. The zero-order valence-electron chi connectivity index (χ0n) is 5.83. The number of cyclic esters (lactones) is 2. The SMILES string of the molecule is COCC1COC(=O)OC1. The highest BCUT2D eigenvalue weighted by atomic mass is 16.7. The molecule has 0 aliphatic carbocycles. The van der Waals surface area contributed by atoms with Gasteiger partial charge in [-0.2, -0.15) is 0 Å². The van der Waals surface area contributed by atoms with Crippen LogP contribution in [0.5, 0.6) is 0 Å². The van der Waals surface area contributed by atoms with E-state index in [1.54, 1.807) is 7.11 Å². The Hall–Kier alpha value is -0.770. The topological polar surface area (TPSA) is 44.8 Å². The van der Waals surface area contributed by atoms with Crippen LogP contribution in [0, 0.1) is 5.92 Å². The molecular formula is C6H10O4. The Morgan fingerprint density at radius 3 is 2.70 bits per heavy atom. The summed E-state index contributed by atoms with van der Waals surface area (Å²) in [5.74, 6) is 0.197. The molecule has 4 nitrogen and oxygen atoms in total. The molecular weight excluding hydrogens is 136 g/mol. The predicted octanol–water partition coefficient (Wildman–Crippen LogP) is 0.416. The van der Waals surface area contributed by atoms with Crippen LogP contribution >= 0.6 is 0 Å². The summed E-state index contributed by atoms with van der Waals surface area (Å²) in [7, 11) is 1.61. The summed E-state index contributed by atoms with van der Waals surface area (Å²) in [5.41, 5.74) is 0. The van der Waals surface area contributed by atoms with Crippen LogP contribution in [0.2, 0.25) is 0 Å². The van der Waals surface area contributed by atoms with E-state index < -0.39 is 6.16 Å². The van der Waals surface area contributed by atoms with Crippen molar-refractivity contribution in [2.45, 2.75) is 0 Å². The number of methoxy groups -OCH3 is 1. The monoisotopic (exact) mass is 146 g/mol. The van der Waals surface area contributed by atoms with Crippen LogP contribution in [-0.4, -0.2) is 33.1 Å². The van der Waals surface area contributed by atoms with E-state index in [4.69, 9.17) is 4.74 Å². The fourth-order valence-corrected chi connectivity index (χ4v) is 0.793. The second kappa shape index (κ2) is 3.41. The Bertz CT molecular complexity index is 113. The molecule has 1 fully saturated rings. The lowest BCUT2D eigenvalue weighted by atomic mass is 10.2. The van der Waals surface area contributed by atoms with E-state index in [1.165, 1.54) is 0 Å². The van der Waals surface area contributed by atoms with Gasteiger partial charge in [-0.05, 0) is 0 Å². The maximum absolute atomic E-state index is 10.3. The smallest absolute Gasteiger partial charge is 0.434 e. The van der Waals surface area contributed by atoms with E-state index in [2.05, 4.69) is 9.47 Å². The molecule has 58 valence electrons. The number of ether oxygens (including phenoxy) is 3. The van der Waals surface area contributed by atoms with E-state index in [9.17, 15) is 4.79 Å². The van der Waals surface area contributed by atoms with Gasteiger partial charge in [-0.25, -0.2) is 4.79 Å². The third kappa shape index (κ3) is 1.88. The van der Waals surface area contributed by atoms with Gasteiger partial charge in [0.25, 0.3) is 0 Å². The van der Waals surface area contributed by atoms with Gasteiger partial charge in [0, 0.05) is 7.11 Å². The molecule has 0 aromatic heterocycles. The molecule has 0 atom stereocenters. The van der Waals surface area contributed by atoms with Gasteiger partial charge >= 0.3 is 6.16 Å². The van der Waals surface area contributed by atoms with E-state index >= 15 is 0 Å². The minimum atomic E-state index is -0.577. The van der Waals surface area contributed by atoms with Crippen LogP contribution < -0.4 is 0 Å². The van der Waals surface area contributed by atoms with Gasteiger partial charge < -0.3 is 14.2 Å². The van der Waals surface area contributed by atoms with Crippen LogP contribution in [0.15, 0.2) is 0 Å². The Morgan fingerprint density at radius 1 is 1.60 bits per heavy atom. The third-order valence-electron chi connectivity index (χ3n) is 1.28. The Kier molecular flexibility index (Phi) is 2.50. The van der Waals surface area contributed by atoms with Gasteiger partial charge in [-0.15, -0.1) is 0 Å². The first-order valence-electron chi connectivity index (χ1n) is 3.11. The summed E-state index contributed by atoms with van der Waals surface area (Å²) in [6.07, 6.45) is -0.577. The van der Waals surface area contributed by atoms with Crippen LogP contribution in [0.1, 0.15) is 0 Å². The zero-order chi connectivity index (χ0) is 7.40. The molecule has 0 spiro atoms. The molecule has 1 heterocycles. The van der Waals surface area contributed by atoms with Crippen molar-refractivity contribution in [3.8, 4) is 0 Å². The maximum atomic E-state index is 10.3.